The summed E-state index contributed by atoms with van der Waals surface area (Å²) in [6, 6.07) is 0. The van der Waals surface area contributed by atoms with Crippen LogP contribution < -0.4 is 5.32 Å². The maximum atomic E-state index is 4.35. The second-order valence-corrected chi connectivity index (χ2v) is 5.20. The van der Waals surface area contributed by atoms with Gasteiger partial charge in [0.15, 0.2) is 0 Å². The fraction of sp³-hybridized carbons (Fsp3) is 0.750. The molecule has 3 nitrogen and oxygen atoms in total. The van der Waals surface area contributed by atoms with E-state index in [1.165, 1.54) is 0 Å². The van der Waals surface area contributed by atoms with Crippen LogP contribution in [0, 0.1) is 5.41 Å². The van der Waals surface area contributed by atoms with Gasteiger partial charge in [0, 0.05) is 25.5 Å². The summed E-state index contributed by atoms with van der Waals surface area (Å²) in [6.07, 6.45) is 5.09. The first kappa shape index (κ1) is 12.2. The minimum atomic E-state index is 0.335. The molecule has 0 atom stereocenters. The Balaban J connectivity index is 2.40. The molecular weight excluding hydrogens is 186 g/mol. The molecule has 3 heteroatoms. The molecule has 1 aromatic heterocycles. The first-order chi connectivity index (χ1) is 7.03. The standard InChI is InChI=1S/C12H23N3/c1-5-7-15-8-6-14-11(15)9-13-10-12(2,3)4/h6,8,13H,5,7,9-10H2,1-4H3. The lowest BCUT2D eigenvalue weighted by Gasteiger charge is -2.18. The van der Waals surface area contributed by atoms with E-state index in [1.54, 1.807) is 0 Å². The number of nitrogens with one attached hydrogen (secondary N) is 1. The Labute approximate surface area is 92.9 Å². The minimum absolute atomic E-state index is 0.335. The highest BCUT2D eigenvalue weighted by Gasteiger charge is 2.09. The van der Waals surface area contributed by atoms with E-state index < -0.39 is 0 Å². The highest BCUT2D eigenvalue weighted by molar-refractivity contribution is 4.92. The number of aromatic nitrogens is 2. The lowest BCUT2D eigenvalue weighted by molar-refractivity contribution is 0.375. The molecule has 0 aliphatic carbocycles. The van der Waals surface area contributed by atoms with Crippen LogP contribution in [0.5, 0.6) is 0 Å². The molecule has 1 aromatic rings. The molecule has 1 heterocycles. The van der Waals surface area contributed by atoms with Gasteiger partial charge < -0.3 is 9.88 Å². The summed E-state index contributed by atoms with van der Waals surface area (Å²) < 4.78 is 2.22. The lowest BCUT2D eigenvalue weighted by atomic mass is 9.97. The van der Waals surface area contributed by atoms with E-state index in [9.17, 15) is 0 Å². The van der Waals surface area contributed by atoms with E-state index in [1.807, 2.05) is 6.20 Å². The van der Waals surface area contributed by atoms with Crippen molar-refractivity contribution in [1.82, 2.24) is 14.9 Å². The van der Waals surface area contributed by atoms with Crippen molar-refractivity contribution in [3.8, 4) is 0 Å². The number of imidazole rings is 1. The third-order valence-electron chi connectivity index (χ3n) is 2.20. The Kier molecular flexibility index (Phi) is 4.33. The van der Waals surface area contributed by atoms with Gasteiger partial charge in [0.1, 0.15) is 5.82 Å². The van der Waals surface area contributed by atoms with Crippen molar-refractivity contribution in [1.29, 1.82) is 0 Å². The van der Waals surface area contributed by atoms with Gasteiger partial charge in [-0.2, -0.15) is 0 Å². The van der Waals surface area contributed by atoms with E-state index in [4.69, 9.17) is 0 Å². The van der Waals surface area contributed by atoms with Gasteiger partial charge in [-0.15, -0.1) is 0 Å². The van der Waals surface area contributed by atoms with Crippen molar-refractivity contribution < 1.29 is 0 Å². The quantitative estimate of drug-likeness (QED) is 0.807. The van der Waals surface area contributed by atoms with E-state index in [2.05, 4.69) is 48.8 Å². The van der Waals surface area contributed by atoms with E-state index >= 15 is 0 Å². The summed E-state index contributed by atoms with van der Waals surface area (Å²) in [6.45, 7) is 11.8. The van der Waals surface area contributed by atoms with Crippen LogP contribution in [0.15, 0.2) is 12.4 Å². The maximum absolute atomic E-state index is 4.35. The van der Waals surface area contributed by atoms with Crippen LogP contribution in [0.2, 0.25) is 0 Å². The molecule has 0 radical (unpaired) electrons. The SMILES string of the molecule is CCCn1ccnc1CNCC(C)(C)C. The van der Waals surface area contributed by atoms with Crippen molar-refractivity contribution in [2.24, 2.45) is 5.41 Å². The van der Waals surface area contributed by atoms with Gasteiger partial charge in [-0.25, -0.2) is 4.98 Å². The molecule has 0 aliphatic rings. The Hall–Kier alpha value is -0.830. The van der Waals surface area contributed by atoms with E-state index in [-0.39, 0.29) is 0 Å². The molecule has 0 saturated carbocycles. The summed E-state index contributed by atoms with van der Waals surface area (Å²) in [4.78, 5) is 4.35. The van der Waals surface area contributed by atoms with Crippen LogP contribution in [-0.2, 0) is 13.1 Å². The van der Waals surface area contributed by atoms with Gasteiger partial charge in [-0.1, -0.05) is 27.7 Å². The van der Waals surface area contributed by atoms with Gasteiger partial charge in [0.2, 0.25) is 0 Å². The fourth-order valence-electron chi connectivity index (χ4n) is 1.50. The molecular formula is C12H23N3. The fourth-order valence-corrected chi connectivity index (χ4v) is 1.50. The van der Waals surface area contributed by atoms with Crippen LogP contribution in [0.3, 0.4) is 0 Å². The third-order valence-corrected chi connectivity index (χ3v) is 2.20. The number of hydrogen-bond donors (Lipinski definition) is 1. The molecule has 1 N–H and O–H groups in total. The first-order valence-electron chi connectivity index (χ1n) is 5.73. The molecule has 0 aliphatic heterocycles. The zero-order valence-electron chi connectivity index (χ0n) is 10.4. The topological polar surface area (TPSA) is 29.9 Å². The normalized spacial score (nSPS) is 12.0. The van der Waals surface area contributed by atoms with Gasteiger partial charge in [-0.05, 0) is 11.8 Å². The largest absolute Gasteiger partial charge is 0.334 e. The van der Waals surface area contributed by atoms with Gasteiger partial charge in [0.25, 0.3) is 0 Å². The summed E-state index contributed by atoms with van der Waals surface area (Å²) >= 11 is 0. The maximum Gasteiger partial charge on any atom is 0.122 e. The molecule has 86 valence electrons. The number of hydrogen-bond acceptors (Lipinski definition) is 2. The first-order valence-corrected chi connectivity index (χ1v) is 5.73. The number of aryl methyl sites for hydroxylation is 1. The van der Waals surface area contributed by atoms with E-state index in [0.717, 1.165) is 31.9 Å². The molecule has 0 unspecified atom stereocenters. The molecule has 0 fully saturated rings. The predicted molar refractivity (Wildman–Crippen MR) is 63.7 cm³/mol. The van der Waals surface area contributed by atoms with Crippen LogP contribution in [0.25, 0.3) is 0 Å². The smallest absolute Gasteiger partial charge is 0.122 e. The summed E-state index contributed by atoms with van der Waals surface area (Å²) in [5, 5.41) is 3.44. The molecule has 15 heavy (non-hydrogen) atoms. The van der Waals surface area contributed by atoms with Crippen LogP contribution in [0.4, 0.5) is 0 Å². The Morgan fingerprint density at radius 3 is 2.73 bits per heavy atom. The lowest BCUT2D eigenvalue weighted by Crippen LogP contribution is -2.27. The molecule has 0 saturated heterocycles. The summed E-state index contributed by atoms with van der Waals surface area (Å²) in [5.41, 5.74) is 0.335. The van der Waals surface area contributed by atoms with Gasteiger partial charge in [0.05, 0.1) is 6.54 Å². The zero-order valence-corrected chi connectivity index (χ0v) is 10.4. The second kappa shape index (κ2) is 5.31. The monoisotopic (exact) mass is 209 g/mol. The highest BCUT2D eigenvalue weighted by Crippen LogP contribution is 2.10. The minimum Gasteiger partial charge on any atom is -0.334 e. The third kappa shape index (κ3) is 4.47. The molecule has 0 aromatic carbocycles. The Morgan fingerprint density at radius 2 is 2.13 bits per heavy atom. The molecule has 0 spiro atoms. The van der Waals surface area contributed by atoms with Crippen molar-refractivity contribution in [2.75, 3.05) is 6.54 Å². The summed E-state index contributed by atoms with van der Waals surface area (Å²) in [5.74, 6) is 1.14. The van der Waals surface area contributed by atoms with Crippen LogP contribution in [-0.4, -0.2) is 16.1 Å². The average molecular weight is 209 g/mol. The highest BCUT2D eigenvalue weighted by atomic mass is 15.1. The molecule has 1 rings (SSSR count). The molecule has 0 bridgehead atoms. The van der Waals surface area contributed by atoms with Crippen molar-refractivity contribution in [2.45, 2.75) is 47.2 Å². The van der Waals surface area contributed by atoms with Crippen LogP contribution >= 0.6 is 0 Å². The predicted octanol–water partition coefficient (Wildman–Crippen LogP) is 2.43. The average Bonchev–Trinajstić information content (AvgIpc) is 2.51. The van der Waals surface area contributed by atoms with E-state index in [0.29, 0.717) is 5.41 Å². The molecule has 0 amide bonds. The number of nitrogens with zero attached hydrogens (tertiary/aromatic N) is 2. The van der Waals surface area contributed by atoms with Crippen molar-refractivity contribution in [3.63, 3.8) is 0 Å². The second-order valence-electron chi connectivity index (χ2n) is 5.20. The van der Waals surface area contributed by atoms with Crippen molar-refractivity contribution in [3.05, 3.63) is 18.2 Å². The van der Waals surface area contributed by atoms with Gasteiger partial charge >= 0.3 is 0 Å². The van der Waals surface area contributed by atoms with Gasteiger partial charge in [-0.3, -0.25) is 0 Å². The van der Waals surface area contributed by atoms with Crippen molar-refractivity contribution >= 4 is 0 Å². The zero-order chi connectivity index (χ0) is 11.3. The van der Waals surface area contributed by atoms with Crippen LogP contribution in [0.1, 0.15) is 39.9 Å². The summed E-state index contributed by atoms with van der Waals surface area (Å²) in [7, 11) is 0. The Morgan fingerprint density at radius 1 is 1.40 bits per heavy atom. The number of rotatable bonds is 5. The Bertz CT molecular complexity index is 283.